The standard InChI is InChI=1S/C10H14BrN3O/c1-10(2)5-7-4-8(11)12-14(7)6-9(15)13(10)3/h4H,5-6H2,1-3H3. The lowest BCUT2D eigenvalue weighted by Crippen LogP contribution is -2.45. The Morgan fingerprint density at radius 2 is 2.20 bits per heavy atom. The molecule has 82 valence electrons. The number of hydrogen-bond acceptors (Lipinski definition) is 2. The van der Waals surface area contributed by atoms with Gasteiger partial charge >= 0.3 is 0 Å². The van der Waals surface area contributed by atoms with Crippen molar-refractivity contribution in [3.05, 3.63) is 16.4 Å². The van der Waals surface area contributed by atoms with E-state index in [1.807, 2.05) is 13.1 Å². The van der Waals surface area contributed by atoms with Gasteiger partial charge in [0.15, 0.2) is 0 Å². The average molecular weight is 272 g/mol. The predicted molar refractivity (Wildman–Crippen MR) is 60.5 cm³/mol. The second-order valence-corrected chi connectivity index (χ2v) is 5.37. The lowest BCUT2D eigenvalue weighted by molar-refractivity contribution is -0.134. The Labute approximate surface area is 97.4 Å². The van der Waals surface area contributed by atoms with Crippen LogP contribution in [0.2, 0.25) is 0 Å². The van der Waals surface area contributed by atoms with Crippen LogP contribution in [0.1, 0.15) is 19.5 Å². The van der Waals surface area contributed by atoms with Crippen molar-refractivity contribution in [2.75, 3.05) is 7.05 Å². The minimum absolute atomic E-state index is 0.106. The quantitative estimate of drug-likeness (QED) is 0.716. The Hall–Kier alpha value is -0.840. The number of rotatable bonds is 0. The smallest absolute Gasteiger partial charge is 0.244 e. The highest BCUT2D eigenvalue weighted by atomic mass is 79.9. The molecule has 0 radical (unpaired) electrons. The van der Waals surface area contributed by atoms with Crippen molar-refractivity contribution >= 4 is 21.8 Å². The van der Waals surface area contributed by atoms with Crippen LogP contribution in [-0.2, 0) is 17.8 Å². The third-order valence-electron chi connectivity index (χ3n) is 3.01. The van der Waals surface area contributed by atoms with Crippen molar-refractivity contribution in [3.63, 3.8) is 0 Å². The topological polar surface area (TPSA) is 38.1 Å². The van der Waals surface area contributed by atoms with Gasteiger partial charge in [0.05, 0.1) is 0 Å². The van der Waals surface area contributed by atoms with Crippen LogP contribution in [0.25, 0.3) is 0 Å². The van der Waals surface area contributed by atoms with Gasteiger partial charge in [-0.3, -0.25) is 9.48 Å². The summed E-state index contributed by atoms with van der Waals surface area (Å²) in [5, 5.41) is 4.25. The second-order valence-electron chi connectivity index (χ2n) is 4.56. The zero-order valence-electron chi connectivity index (χ0n) is 9.12. The Bertz CT molecular complexity index is 411. The SMILES string of the molecule is CN1C(=O)Cn2nc(Br)cc2CC1(C)C. The Balaban J connectivity index is 2.45. The molecule has 1 aromatic heterocycles. The highest BCUT2D eigenvalue weighted by Crippen LogP contribution is 2.24. The Morgan fingerprint density at radius 1 is 1.53 bits per heavy atom. The highest BCUT2D eigenvalue weighted by molar-refractivity contribution is 9.10. The average Bonchev–Trinajstić information content (AvgIpc) is 2.40. The zero-order chi connectivity index (χ0) is 11.2. The van der Waals surface area contributed by atoms with Gasteiger partial charge in [-0.1, -0.05) is 0 Å². The number of fused-ring (bicyclic) bond motifs is 1. The molecule has 1 aliphatic rings. The molecule has 0 spiro atoms. The fourth-order valence-corrected chi connectivity index (χ4v) is 2.29. The molecule has 0 unspecified atom stereocenters. The van der Waals surface area contributed by atoms with Crippen LogP contribution in [0.4, 0.5) is 0 Å². The van der Waals surface area contributed by atoms with Crippen LogP contribution in [0.5, 0.6) is 0 Å². The third kappa shape index (κ3) is 1.80. The van der Waals surface area contributed by atoms with Crippen LogP contribution < -0.4 is 0 Å². The molecule has 0 bridgehead atoms. The first-order valence-corrected chi connectivity index (χ1v) is 5.68. The Kier molecular flexibility index (Phi) is 2.37. The van der Waals surface area contributed by atoms with Crippen LogP contribution in [0.3, 0.4) is 0 Å². The molecule has 2 heterocycles. The number of hydrogen-bond donors (Lipinski definition) is 0. The lowest BCUT2D eigenvalue weighted by Gasteiger charge is -2.33. The molecule has 0 fully saturated rings. The van der Waals surface area contributed by atoms with E-state index in [1.165, 1.54) is 0 Å². The van der Waals surface area contributed by atoms with Gasteiger partial charge < -0.3 is 4.90 Å². The van der Waals surface area contributed by atoms with Crippen molar-refractivity contribution < 1.29 is 4.79 Å². The molecule has 1 aromatic rings. The van der Waals surface area contributed by atoms with E-state index in [1.54, 1.807) is 9.58 Å². The highest BCUT2D eigenvalue weighted by Gasteiger charge is 2.32. The number of likely N-dealkylation sites (N-methyl/N-ethyl adjacent to an activating group) is 1. The van der Waals surface area contributed by atoms with Gasteiger partial charge in [0.2, 0.25) is 5.91 Å². The molecule has 0 aromatic carbocycles. The molecule has 4 nitrogen and oxygen atoms in total. The summed E-state index contributed by atoms with van der Waals surface area (Å²) in [6.45, 7) is 4.48. The maximum Gasteiger partial charge on any atom is 0.244 e. The first kappa shape index (κ1) is 10.7. The summed E-state index contributed by atoms with van der Waals surface area (Å²) in [6, 6.07) is 1.98. The minimum atomic E-state index is -0.148. The van der Waals surface area contributed by atoms with E-state index in [9.17, 15) is 4.79 Å². The number of halogens is 1. The fourth-order valence-electron chi connectivity index (χ4n) is 1.83. The molecular weight excluding hydrogens is 258 g/mol. The van der Waals surface area contributed by atoms with Crippen molar-refractivity contribution in [2.24, 2.45) is 0 Å². The van der Waals surface area contributed by atoms with E-state index in [4.69, 9.17) is 0 Å². The normalized spacial score (nSPS) is 20.0. The summed E-state index contributed by atoms with van der Waals surface area (Å²) in [5.74, 6) is 0.106. The molecule has 5 heteroatoms. The molecule has 0 saturated carbocycles. The molecule has 2 rings (SSSR count). The van der Waals surface area contributed by atoms with Crippen LogP contribution >= 0.6 is 15.9 Å². The number of aromatic nitrogens is 2. The molecule has 0 N–H and O–H groups in total. The van der Waals surface area contributed by atoms with Crippen LogP contribution in [-0.4, -0.2) is 33.2 Å². The maximum atomic E-state index is 11.9. The van der Waals surface area contributed by atoms with Gasteiger partial charge in [0, 0.05) is 24.7 Å². The van der Waals surface area contributed by atoms with E-state index >= 15 is 0 Å². The van der Waals surface area contributed by atoms with Crippen molar-refractivity contribution in [3.8, 4) is 0 Å². The molecule has 1 amide bonds. The van der Waals surface area contributed by atoms with E-state index < -0.39 is 0 Å². The first-order chi connectivity index (χ1) is 6.90. The van der Waals surface area contributed by atoms with Gasteiger partial charge in [-0.2, -0.15) is 5.10 Å². The molecule has 0 atom stereocenters. The molecule has 1 aliphatic heterocycles. The molecular formula is C10H14BrN3O. The van der Waals surface area contributed by atoms with E-state index in [0.29, 0.717) is 6.54 Å². The van der Waals surface area contributed by atoms with Crippen LogP contribution in [0.15, 0.2) is 10.7 Å². The van der Waals surface area contributed by atoms with Crippen molar-refractivity contribution in [2.45, 2.75) is 32.4 Å². The summed E-state index contributed by atoms with van der Waals surface area (Å²) >= 11 is 3.33. The molecule has 15 heavy (non-hydrogen) atoms. The van der Waals surface area contributed by atoms with E-state index in [-0.39, 0.29) is 11.4 Å². The monoisotopic (exact) mass is 271 g/mol. The van der Waals surface area contributed by atoms with Gasteiger partial charge in [0.25, 0.3) is 0 Å². The fraction of sp³-hybridized carbons (Fsp3) is 0.600. The number of carbonyl (C=O) groups is 1. The molecule has 0 saturated heterocycles. The number of carbonyl (C=O) groups excluding carboxylic acids is 1. The maximum absolute atomic E-state index is 11.9. The molecule has 0 aliphatic carbocycles. The predicted octanol–water partition coefficient (Wildman–Crippen LogP) is 1.44. The first-order valence-electron chi connectivity index (χ1n) is 4.89. The Morgan fingerprint density at radius 3 is 2.87 bits per heavy atom. The largest absolute Gasteiger partial charge is 0.339 e. The summed E-state index contributed by atoms with van der Waals surface area (Å²) < 4.78 is 2.57. The number of nitrogens with zero attached hydrogens (tertiary/aromatic N) is 3. The van der Waals surface area contributed by atoms with Crippen molar-refractivity contribution in [1.82, 2.24) is 14.7 Å². The van der Waals surface area contributed by atoms with Crippen molar-refractivity contribution in [1.29, 1.82) is 0 Å². The van der Waals surface area contributed by atoms with Gasteiger partial charge in [-0.05, 0) is 35.8 Å². The second kappa shape index (κ2) is 3.33. The number of amides is 1. The summed E-state index contributed by atoms with van der Waals surface area (Å²) in [7, 11) is 1.85. The third-order valence-corrected chi connectivity index (χ3v) is 3.40. The summed E-state index contributed by atoms with van der Waals surface area (Å²) in [6.07, 6.45) is 0.827. The minimum Gasteiger partial charge on any atom is -0.339 e. The van der Waals surface area contributed by atoms with E-state index in [2.05, 4.69) is 34.9 Å². The zero-order valence-corrected chi connectivity index (χ0v) is 10.7. The van der Waals surface area contributed by atoms with Gasteiger partial charge in [-0.15, -0.1) is 0 Å². The van der Waals surface area contributed by atoms with Gasteiger partial charge in [0.1, 0.15) is 11.1 Å². The van der Waals surface area contributed by atoms with Gasteiger partial charge in [-0.25, -0.2) is 0 Å². The summed E-state index contributed by atoms with van der Waals surface area (Å²) in [5.41, 5.74) is 0.953. The van der Waals surface area contributed by atoms with Crippen LogP contribution in [0, 0.1) is 0 Å². The van der Waals surface area contributed by atoms with E-state index in [0.717, 1.165) is 16.7 Å². The lowest BCUT2D eigenvalue weighted by atomic mass is 9.97. The summed E-state index contributed by atoms with van der Waals surface area (Å²) in [4.78, 5) is 13.7.